The molecule has 0 unspecified atom stereocenters. The fourth-order valence-corrected chi connectivity index (χ4v) is 2.35. The second kappa shape index (κ2) is 9.08. The van der Waals surface area contributed by atoms with Gasteiger partial charge in [0.25, 0.3) is 0 Å². The first-order valence-corrected chi connectivity index (χ1v) is 8.25. The van der Waals surface area contributed by atoms with Gasteiger partial charge in [0.05, 0.1) is 19.9 Å². The molecule has 0 fully saturated rings. The minimum Gasteiger partial charge on any atom is -0.497 e. The van der Waals surface area contributed by atoms with Crippen molar-refractivity contribution in [2.75, 3.05) is 52.0 Å². The first kappa shape index (κ1) is 18.8. The molecular formula is C18H27N5O2. The normalized spacial score (nSPS) is 10.6. The highest BCUT2D eigenvalue weighted by Crippen LogP contribution is 2.31. The minimum atomic E-state index is 0.619. The first-order valence-electron chi connectivity index (χ1n) is 8.25. The Bertz CT molecular complexity index is 691. The summed E-state index contributed by atoms with van der Waals surface area (Å²) in [5.74, 6) is 2.76. The molecule has 1 aromatic heterocycles. The Hall–Kier alpha value is -2.54. The lowest BCUT2D eigenvalue weighted by Crippen LogP contribution is -2.17. The summed E-state index contributed by atoms with van der Waals surface area (Å²) in [5.41, 5.74) is 1.71. The molecule has 25 heavy (non-hydrogen) atoms. The van der Waals surface area contributed by atoms with Gasteiger partial charge in [-0.05, 0) is 46.1 Å². The largest absolute Gasteiger partial charge is 0.497 e. The van der Waals surface area contributed by atoms with Gasteiger partial charge in [-0.25, -0.2) is 4.98 Å². The van der Waals surface area contributed by atoms with Crippen molar-refractivity contribution in [3.05, 3.63) is 30.0 Å². The zero-order valence-electron chi connectivity index (χ0n) is 15.6. The Balaban J connectivity index is 2.09. The smallest absolute Gasteiger partial charge is 0.224 e. The molecule has 2 rings (SSSR count). The van der Waals surface area contributed by atoms with E-state index in [0.717, 1.165) is 36.6 Å². The second-order valence-corrected chi connectivity index (χ2v) is 5.99. The van der Waals surface area contributed by atoms with Gasteiger partial charge in [0.2, 0.25) is 5.95 Å². The fraction of sp³-hybridized carbons (Fsp3) is 0.444. The van der Waals surface area contributed by atoms with Gasteiger partial charge in [0.15, 0.2) is 0 Å². The highest BCUT2D eigenvalue weighted by molar-refractivity contribution is 5.66. The number of ether oxygens (including phenoxy) is 2. The SMILES string of the molecule is COc1ccc(Nc2cc(C)nc(NCCCN(C)C)n2)c(OC)c1. The van der Waals surface area contributed by atoms with Crippen LogP contribution in [0.25, 0.3) is 0 Å². The Kier molecular flexibility index (Phi) is 6.82. The molecular weight excluding hydrogens is 318 g/mol. The summed E-state index contributed by atoms with van der Waals surface area (Å²) in [4.78, 5) is 11.1. The van der Waals surface area contributed by atoms with Crippen molar-refractivity contribution in [3.8, 4) is 11.5 Å². The molecule has 2 aromatic rings. The summed E-state index contributed by atoms with van der Waals surface area (Å²) in [6.45, 7) is 3.79. The van der Waals surface area contributed by atoms with Crippen molar-refractivity contribution in [2.45, 2.75) is 13.3 Å². The Morgan fingerprint density at radius 3 is 2.56 bits per heavy atom. The number of hydrogen-bond acceptors (Lipinski definition) is 7. The van der Waals surface area contributed by atoms with E-state index in [2.05, 4.69) is 39.6 Å². The van der Waals surface area contributed by atoms with Gasteiger partial charge in [-0.1, -0.05) is 0 Å². The van der Waals surface area contributed by atoms with Crippen LogP contribution in [0.2, 0.25) is 0 Å². The lowest BCUT2D eigenvalue weighted by Gasteiger charge is -2.14. The predicted octanol–water partition coefficient (Wildman–Crippen LogP) is 2.91. The molecule has 2 N–H and O–H groups in total. The summed E-state index contributed by atoms with van der Waals surface area (Å²) in [5, 5.41) is 6.56. The molecule has 0 radical (unpaired) electrons. The highest BCUT2D eigenvalue weighted by atomic mass is 16.5. The number of benzene rings is 1. The fourth-order valence-electron chi connectivity index (χ4n) is 2.35. The Labute approximate surface area is 149 Å². The van der Waals surface area contributed by atoms with Crippen LogP contribution in [-0.2, 0) is 0 Å². The van der Waals surface area contributed by atoms with Crippen LogP contribution in [0.1, 0.15) is 12.1 Å². The molecule has 0 bridgehead atoms. The van der Waals surface area contributed by atoms with Crippen LogP contribution in [0.15, 0.2) is 24.3 Å². The van der Waals surface area contributed by atoms with E-state index < -0.39 is 0 Å². The quantitative estimate of drug-likeness (QED) is 0.677. The first-order chi connectivity index (χ1) is 12.0. The Morgan fingerprint density at radius 2 is 1.88 bits per heavy atom. The Morgan fingerprint density at radius 1 is 1.08 bits per heavy atom. The van der Waals surface area contributed by atoms with Crippen molar-refractivity contribution in [1.82, 2.24) is 14.9 Å². The number of hydrogen-bond donors (Lipinski definition) is 2. The molecule has 0 amide bonds. The number of aryl methyl sites for hydroxylation is 1. The lowest BCUT2D eigenvalue weighted by atomic mass is 10.2. The summed E-state index contributed by atoms with van der Waals surface area (Å²) in [6.07, 6.45) is 1.03. The molecule has 1 heterocycles. The topological polar surface area (TPSA) is 71.5 Å². The van der Waals surface area contributed by atoms with E-state index in [9.17, 15) is 0 Å². The maximum Gasteiger partial charge on any atom is 0.224 e. The van der Waals surface area contributed by atoms with Crippen molar-refractivity contribution in [3.63, 3.8) is 0 Å². The van der Waals surface area contributed by atoms with E-state index in [4.69, 9.17) is 9.47 Å². The lowest BCUT2D eigenvalue weighted by molar-refractivity contribution is 0.395. The molecule has 0 aliphatic carbocycles. The van der Waals surface area contributed by atoms with E-state index >= 15 is 0 Å². The van der Waals surface area contributed by atoms with Gasteiger partial charge in [0.1, 0.15) is 17.3 Å². The van der Waals surface area contributed by atoms with Gasteiger partial charge < -0.3 is 25.0 Å². The minimum absolute atomic E-state index is 0.619. The molecule has 0 atom stereocenters. The third kappa shape index (κ3) is 5.79. The molecule has 7 nitrogen and oxygen atoms in total. The van der Waals surface area contributed by atoms with Gasteiger partial charge >= 0.3 is 0 Å². The molecule has 0 saturated carbocycles. The van der Waals surface area contributed by atoms with Gasteiger partial charge in [-0.3, -0.25) is 0 Å². The molecule has 0 spiro atoms. The summed E-state index contributed by atoms with van der Waals surface area (Å²) in [6, 6.07) is 7.50. The van der Waals surface area contributed by atoms with Crippen molar-refractivity contribution >= 4 is 17.5 Å². The van der Waals surface area contributed by atoms with Crippen LogP contribution >= 0.6 is 0 Å². The van der Waals surface area contributed by atoms with Crippen LogP contribution in [0, 0.1) is 6.92 Å². The van der Waals surface area contributed by atoms with Crippen molar-refractivity contribution < 1.29 is 9.47 Å². The molecule has 136 valence electrons. The van der Waals surface area contributed by atoms with E-state index in [0.29, 0.717) is 17.5 Å². The predicted molar refractivity (Wildman–Crippen MR) is 101 cm³/mol. The molecule has 7 heteroatoms. The molecule has 0 saturated heterocycles. The number of aromatic nitrogens is 2. The number of rotatable bonds is 9. The van der Waals surface area contributed by atoms with Crippen LogP contribution in [0.3, 0.4) is 0 Å². The summed E-state index contributed by atoms with van der Waals surface area (Å²) >= 11 is 0. The van der Waals surface area contributed by atoms with Crippen molar-refractivity contribution in [1.29, 1.82) is 0 Å². The number of nitrogens with zero attached hydrogens (tertiary/aromatic N) is 3. The molecule has 0 aliphatic heterocycles. The monoisotopic (exact) mass is 345 g/mol. The maximum absolute atomic E-state index is 5.42. The van der Waals surface area contributed by atoms with Crippen LogP contribution in [0.4, 0.5) is 17.5 Å². The number of methoxy groups -OCH3 is 2. The summed E-state index contributed by atoms with van der Waals surface area (Å²) in [7, 11) is 7.38. The highest BCUT2D eigenvalue weighted by Gasteiger charge is 2.08. The van der Waals surface area contributed by atoms with Crippen LogP contribution in [-0.4, -0.2) is 56.3 Å². The van der Waals surface area contributed by atoms with E-state index in [1.807, 2.05) is 31.2 Å². The number of anilines is 3. The van der Waals surface area contributed by atoms with Gasteiger partial charge in [-0.2, -0.15) is 4.98 Å². The zero-order chi connectivity index (χ0) is 18.2. The standard InChI is InChI=1S/C18H27N5O2/c1-13-11-17(22-18(20-13)19-9-6-10-23(2)3)21-15-8-7-14(24-4)12-16(15)25-5/h7-8,11-12H,6,9-10H2,1-5H3,(H2,19,20,21,22). The third-order valence-electron chi connectivity index (χ3n) is 3.59. The van der Waals surface area contributed by atoms with Gasteiger partial charge in [-0.15, -0.1) is 0 Å². The molecule has 1 aromatic carbocycles. The second-order valence-electron chi connectivity index (χ2n) is 5.99. The van der Waals surface area contributed by atoms with E-state index in [-0.39, 0.29) is 0 Å². The van der Waals surface area contributed by atoms with E-state index in [1.54, 1.807) is 14.2 Å². The third-order valence-corrected chi connectivity index (χ3v) is 3.59. The number of nitrogens with one attached hydrogen (secondary N) is 2. The summed E-state index contributed by atoms with van der Waals surface area (Å²) < 4.78 is 10.6. The average Bonchev–Trinajstić information content (AvgIpc) is 2.58. The zero-order valence-corrected chi connectivity index (χ0v) is 15.6. The van der Waals surface area contributed by atoms with Crippen molar-refractivity contribution in [2.24, 2.45) is 0 Å². The van der Waals surface area contributed by atoms with Crippen LogP contribution in [0.5, 0.6) is 11.5 Å². The maximum atomic E-state index is 5.42. The van der Waals surface area contributed by atoms with E-state index in [1.165, 1.54) is 0 Å². The van der Waals surface area contributed by atoms with Gasteiger partial charge in [0, 0.05) is 24.4 Å². The average molecular weight is 345 g/mol. The van der Waals surface area contributed by atoms with Crippen LogP contribution < -0.4 is 20.1 Å². The molecule has 0 aliphatic rings.